The SMILES string of the molecule is COc1ccc(-c2ccc(C=C(C#N)C(=O)Nc3nc(S(=O)(=O)C(C)C)ns3)o2)c([N+](=O)[O-])c1. The minimum Gasteiger partial charge on any atom is -0.497 e. The van der Waals surface area contributed by atoms with Crippen LogP contribution in [0.2, 0.25) is 0 Å². The van der Waals surface area contributed by atoms with E-state index in [1.807, 2.05) is 0 Å². The van der Waals surface area contributed by atoms with Crippen LogP contribution in [0.1, 0.15) is 19.6 Å². The van der Waals surface area contributed by atoms with Gasteiger partial charge in [-0.1, -0.05) is 0 Å². The minimum absolute atomic E-state index is 0.0900. The summed E-state index contributed by atoms with van der Waals surface area (Å²) in [6.07, 6.45) is 1.14. The van der Waals surface area contributed by atoms with E-state index < -0.39 is 31.1 Å². The van der Waals surface area contributed by atoms with E-state index in [4.69, 9.17) is 9.15 Å². The Morgan fingerprint density at radius 3 is 2.71 bits per heavy atom. The zero-order valence-electron chi connectivity index (χ0n) is 18.0. The molecule has 0 saturated heterocycles. The Morgan fingerprint density at radius 2 is 2.09 bits per heavy atom. The molecule has 0 unspecified atom stereocenters. The van der Waals surface area contributed by atoms with Gasteiger partial charge in [-0.15, -0.1) is 0 Å². The monoisotopic (exact) mass is 503 g/mol. The molecule has 1 N–H and O–H groups in total. The fraction of sp³-hybridized carbons (Fsp3) is 0.200. The van der Waals surface area contributed by atoms with Gasteiger partial charge in [0.05, 0.1) is 28.9 Å². The van der Waals surface area contributed by atoms with E-state index in [-0.39, 0.29) is 33.5 Å². The van der Waals surface area contributed by atoms with E-state index in [0.717, 1.165) is 6.08 Å². The number of nitrogens with zero attached hydrogens (tertiary/aromatic N) is 4. The summed E-state index contributed by atoms with van der Waals surface area (Å²) in [5.41, 5.74) is -0.430. The predicted molar refractivity (Wildman–Crippen MR) is 122 cm³/mol. The molecule has 2 aromatic heterocycles. The summed E-state index contributed by atoms with van der Waals surface area (Å²) in [5.74, 6) is -0.328. The molecular formula is C20H17N5O7S2. The molecule has 0 saturated carbocycles. The molecule has 0 atom stereocenters. The summed E-state index contributed by atoms with van der Waals surface area (Å²) in [6, 6.07) is 8.86. The second-order valence-electron chi connectivity index (χ2n) is 6.94. The molecule has 0 aliphatic heterocycles. The molecule has 12 nitrogen and oxygen atoms in total. The van der Waals surface area contributed by atoms with E-state index in [9.17, 15) is 28.6 Å². The molecule has 0 radical (unpaired) electrons. The number of carbonyl (C=O) groups is 1. The first-order valence-electron chi connectivity index (χ1n) is 9.50. The molecule has 176 valence electrons. The van der Waals surface area contributed by atoms with Crippen LogP contribution < -0.4 is 10.1 Å². The number of amides is 1. The Bertz CT molecular complexity index is 1430. The normalized spacial score (nSPS) is 11.8. The standard InChI is InChI=1S/C20H17N5O7S2/c1-11(2)34(29,30)20-23-19(33-24-20)22-18(26)12(10-21)8-14-5-7-17(32-14)15-6-4-13(31-3)9-16(15)25(27)28/h4-9,11H,1-3H3,(H,22,23,24,26). The predicted octanol–water partition coefficient (Wildman–Crippen LogP) is 3.44. The number of nitro groups is 1. The number of nitrogens with one attached hydrogen (secondary N) is 1. The van der Waals surface area contributed by atoms with Crippen molar-refractivity contribution in [3.05, 3.63) is 51.8 Å². The Morgan fingerprint density at radius 1 is 1.35 bits per heavy atom. The highest BCUT2D eigenvalue weighted by Crippen LogP contribution is 2.34. The van der Waals surface area contributed by atoms with Gasteiger partial charge in [0.25, 0.3) is 16.8 Å². The molecule has 0 spiro atoms. The largest absolute Gasteiger partial charge is 0.497 e. The topological polar surface area (TPSA) is 178 Å². The van der Waals surface area contributed by atoms with E-state index in [2.05, 4.69) is 14.7 Å². The van der Waals surface area contributed by atoms with Gasteiger partial charge in [-0.25, -0.2) is 8.42 Å². The Kier molecular flexibility index (Phi) is 7.08. The summed E-state index contributed by atoms with van der Waals surface area (Å²) < 4.78 is 38.6. The average Bonchev–Trinajstić information content (AvgIpc) is 3.46. The number of aromatic nitrogens is 2. The molecule has 0 fully saturated rings. The van der Waals surface area contributed by atoms with Gasteiger partial charge in [-0.05, 0) is 38.1 Å². The summed E-state index contributed by atoms with van der Waals surface area (Å²) in [4.78, 5) is 27.1. The van der Waals surface area contributed by atoms with Crippen molar-refractivity contribution in [2.45, 2.75) is 24.3 Å². The number of ether oxygens (including phenoxy) is 1. The Labute approximate surface area is 197 Å². The molecule has 0 aliphatic rings. The maximum Gasteiger partial charge on any atom is 0.284 e. The molecular weight excluding hydrogens is 486 g/mol. The number of hydrogen-bond donors (Lipinski definition) is 1. The molecule has 3 rings (SSSR count). The third kappa shape index (κ3) is 5.11. The van der Waals surface area contributed by atoms with Crippen molar-refractivity contribution in [1.82, 2.24) is 9.36 Å². The third-order valence-corrected chi connectivity index (χ3v) is 7.13. The smallest absolute Gasteiger partial charge is 0.284 e. The van der Waals surface area contributed by atoms with Crippen molar-refractivity contribution in [2.24, 2.45) is 0 Å². The van der Waals surface area contributed by atoms with Gasteiger partial charge in [0.1, 0.15) is 28.9 Å². The molecule has 0 bridgehead atoms. The Hall–Kier alpha value is -4.09. The maximum absolute atomic E-state index is 12.5. The average molecular weight is 504 g/mol. The highest BCUT2D eigenvalue weighted by Gasteiger charge is 2.25. The van der Waals surface area contributed by atoms with Gasteiger partial charge in [-0.2, -0.15) is 14.6 Å². The molecule has 14 heteroatoms. The molecule has 1 aromatic carbocycles. The lowest BCUT2D eigenvalue weighted by Gasteiger charge is -2.03. The molecule has 2 heterocycles. The van der Waals surface area contributed by atoms with Crippen LogP contribution in [-0.2, 0) is 14.6 Å². The number of carbonyl (C=O) groups excluding carboxylic acids is 1. The number of nitro benzene ring substituents is 1. The van der Waals surface area contributed by atoms with Crippen molar-refractivity contribution in [2.75, 3.05) is 12.4 Å². The highest BCUT2D eigenvalue weighted by atomic mass is 32.2. The number of anilines is 1. The number of nitriles is 1. The second kappa shape index (κ2) is 9.81. The van der Waals surface area contributed by atoms with Crippen molar-refractivity contribution in [3.63, 3.8) is 0 Å². The van der Waals surface area contributed by atoms with E-state index in [1.54, 1.807) is 6.07 Å². The quantitative estimate of drug-likeness (QED) is 0.207. The number of rotatable bonds is 8. The highest BCUT2D eigenvalue weighted by molar-refractivity contribution is 7.91. The maximum atomic E-state index is 12.5. The number of sulfone groups is 1. The summed E-state index contributed by atoms with van der Waals surface area (Å²) in [7, 11) is -2.33. The first-order valence-corrected chi connectivity index (χ1v) is 11.8. The number of furan rings is 1. The lowest BCUT2D eigenvalue weighted by Crippen LogP contribution is -2.16. The van der Waals surface area contributed by atoms with Crippen LogP contribution in [0, 0.1) is 21.4 Å². The summed E-state index contributed by atoms with van der Waals surface area (Å²) in [6.45, 7) is 2.95. The number of hydrogen-bond acceptors (Lipinski definition) is 11. The van der Waals surface area contributed by atoms with Crippen LogP contribution in [0.4, 0.5) is 10.8 Å². The van der Waals surface area contributed by atoms with Crippen LogP contribution in [-0.4, -0.2) is 41.0 Å². The molecule has 1 amide bonds. The fourth-order valence-electron chi connectivity index (χ4n) is 2.62. The van der Waals surface area contributed by atoms with Crippen LogP contribution in [0.15, 0.2) is 45.5 Å². The van der Waals surface area contributed by atoms with Gasteiger partial charge in [0.2, 0.25) is 15.0 Å². The van der Waals surface area contributed by atoms with Crippen molar-refractivity contribution in [1.29, 1.82) is 5.26 Å². The van der Waals surface area contributed by atoms with Gasteiger partial charge < -0.3 is 9.15 Å². The van der Waals surface area contributed by atoms with Crippen LogP contribution in [0.3, 0.4) is 0 Å². The summed E-state index contributed by atoms with van der Waals surface area (Å²) in [5, 5.41) is 21.9. The first kappa shape index (κ1) is 24.6. The first-order chi connectivity index (χ1) is 16.1. The van der Waals surface area contributed by atoms with Crippen molar-refractivity contribution in [3.8, 4) is 23.1 Å². The van der Waals surface area contributed by atoms with Crippen LogP contribution in [0.5, 0.6) is 5.75 Å². The van der Waals surface area contributed by atoms with E-state index in [0.29, 0.717) is 17.3 Å². The lowest BCUT2D eigenvalue weighted by atomic mass is 10.1. The summed E-state index contributed by atoms with van der Waals surface area (Å²) >= 11 is 0.659. The van der Waals surface area contributed by atoms with Gasteiger partial charge >= 0.3 is 0 Å². The van der Waals surface area contributed by atoms with Gasteiger partial charge in [0, 0.05) is 17.6 Å². The second-order valence-corrected chi connectivity index (χ2v) is 10.1. The zero-order valence-corrected chi connectivity index (χ0v) is 19.6. The molecule has 0 aliphatic carbocycles. The van der Waals surface area contributed by atoms with Crippen LogP contribution >= 0.6 is 11.5 Å². The lowest BCUT2D eigenvalue weighted by molar-refractivity contribution is -0.384. The number of methoxy groups -OCH3 is 1. The molecule has 3 aromatic rings. The third-order valence-electron chi connectivity index (χ3n) is 4.45. The Balaban J connectivity index is 1.84. The zero-order chi connectivity index (χ0) is 25.0. The fourth-order valence-corrected chi connectivity index (χ4v) is 4.31. The van der Waals surface area contributed by atoms with E-state index >= 15 is 0 Å². The number of benzene rings is 1. The van der Waals surface area contributed by atoms with Crippen molar-refractivity contribution >= 4 is 44.2 Å². The van der Waals surface area contributed by atoms with E-state index in [1.165, 1.54) is 51.3 Å². The van der Waals surface area contributed by atoms with Gasteiger partial charge in [0.15, 0.2) is 0 Å². The van der Waals surface area contributed by atoms with Crippen LogP contribution in [0.25, 0.3) is 17.4 Å². The van der Waals surface area contributed by atoms with Gasteiger partial charge in [-0.3, -0.25) is 20.2 Å². The van der Waals surface area contributed by atoms with Crippen molar-refractivity contribution < 1.29 is 27.3 Å². The molecule has 34 heavy (non-hydrogen) atoms. The minimum atomic E-state index is -3.72.